The van der Waals surface area contributed by atoms with Crippen LogP contribution in [0.2, 0.25) is 0 Å². The van der Waals surface area contributed by atoms with Crippen LogP contribution in [0.15, 0.2) is 6.20 Å². The fraction of sp³-hybridized carbons (Fsp3) is 0.615. The zero-order valence-electron chi connectivity index (χ0n) is 11.6. The summed E-state index contributed by atoms with van der Waals surface area (Å²) in [6, 6.07) is 0. The summed E-state index contributed by atoms with van der Waals surface area (Å²) >= 11 is 0. The molecule has 0 bridgehead atoms. The van der Waals surface area contributed by atoms with Crippen molar-refractivity contribution < 1.29 is 14.6 Å². The van der Waals surface area contributed by atoms with Crippen LogP contribution in [-0.2, 0) is 4.74 Å². The SMILES string of the molecule is CCOC(=O)c1cnc(NCCC(O)CC)nc1C. The summed E-state index contributed by atoms with van der Waals surface area (Å²) in [6.45, 7) is 6.34. The highest BCUT2D eigenvalue weighted by atomic mass is 16.5. The molecule has 0 saturated heterocycles. The normalized spacial score (nSPS) is 12.0. The number of aromatic nitrogens is 2. The number of hydrogen-bond donors (Lipinski definition) is 2. The molecule has 19 heavy (non-hydrogen) atoms. The van der Waals surface area contributed by atoms with Crippen LogP contribution in [0.4, 0.5) is 5.95 Å². The molecule has 1 heterocycles. The first kappa shape index (κ1) is 15.4. The van der Waals surface area contributed by atoms with Crippen LogP contribution in [0.25, 0.3) is 0 Å². The quantitative estimate of drug-likeness (QED) is 0.729. The zero-order chi connectivity index (χ0) is 14.3. The number of carbonyl (C=O) groups excluding carboxylic acids is 1. The highest BCUT2D eigenvalue weighted by Crippen LogP contribution is 2.09. The van der Waals surface area contributed by atoms with Gasteiger partial charge in [-0.15, -0.1) is 0 Å². The Kier molecular flexibility index (Phi) is 6.21. The molecule has 106 valence electrons. The van der Waals surface area contributed by atoms with Crippen LogP contribution in [-0.4, -0.2) is 40.3 Å². The van der Waals surface area contributed by atoms with Crippen molar-refractivity contribution in [3.8, 4) is 0 Å². The predicted octanol–water partition coefficient (Wildman–Crippen LogP) is 1.53. The second kappa shape index (κ2) is 7.68. The van der Waals surface area contributed by atoms with E-state index in [1.165, 1.54) is 6.20 Å². The number of esters is 1. The Balaban J connectivity index is 2.59. The van der Waals surface area contributed by atoms with E-state index in [1.807, 2.05) is 6.92 Å². The van der Waals surface area contributed by atoms with Crippen molar-refractivity contribution in [2.45, 2.75) is 39.7 Å². The number of hydrogen-bond acceptors (Lipinski definition) is 6. The van der Waals surface area contributed by atoms with Gasteiger partial charge in [0.05, 0.1) is 24.0 Å². The van der Waals surface area contributed by atoms with Gasteiger partial charge in [-0.1, -0.05) is 6.92 Å². The predicted molar refractivity (Wildman–Crippen MR) is 72.1 cm³/mol. The third-order valence-corrected chi connectivity index (χ3v) is 2.71. The molecule has 0 aliphatic rings. The van der Waals surface area contributed by atoms with E-state index in [0.29, 0.717) is 36.8 Å². The Morgan fingerprint density at radius 2 is 2.26 bits per heavy atom. The van der Waals surface area contributed by atoms with Gasteiger partial charge in [-0.3, -0.25) is 0 Å². The van der Waals surface area contributed by atoms with E-state index in [0.717, 1.165) is 6.42 Å². The van der Waals surface area contributed by atoms with Gasteiger partial charge in [-0.2, -0.15) is 0 Å². The number of nitrogens with zero attached hydrogens (tertiary/aromatic N) is 2. The lowest BCUT2D eigenvalue weighted by Gasteiger charge is -2.10. The van der Waals surface area contributed by atoms with Gasteiger partial charge < -0.3 is 15.2 Å². The minimum Gasteiger partial charge on any atom is -0.462 e. The Labute approximate surface area is 113 Å². The van der Waals surface area contributed by atoms with Crippen LogP contribution in [0, 0.1) is 6.92 Å². The number of carbonyl (C=O) groups is 1. The largest absolute Gasteiger partial charge is 0.462 e. The molecule has 0 aliphatic heterocycles. The highest BCUT2D eigenvalue weighted by molar-refractivity contribution is 5.90. The smallest absolute Gasteiger partial charge is 0.341 e. The molecule has 0 saturated carbocycles. The van der Waals surface area contributed by atoms with E-state index >= 15 is 0 Å². The molecule has 0 aliphatic carbocycles. The van der Waals surface area contributed by atoms with Gasteiger partial charge in [0.15, 0.2) is 0 Å². The van der Waals surface area contributed by atoms with E-state index in [2.05, 4.69) is 15.3 Å². The summed E-state index contributed by atoms with van der Waals surface area (Å²) in [7, 11) is 0. The number of aliphatic hydroxyl groups is 1. The molecule has 2 N–H and O–H groups in total. The molecule has 0 amide bonds. The molecule has 1 atom stereocenters. The number of ether oxygens (including phenoxy) is 1. The van der Waals surface area contributed by atoms with Crippen LogP contribution in [0.3, 0.4) is 0 Å². The van der Waals surface area contributed by atoms with Crippen molar-refractivity contribution in [3.05, 3.63) is 17.5 Å². The van der Waals surface area contributed by atoms with Crippen molar-refractivity contribution in [2.75, 3.05) is 18.5 Å². The Hall–Kier alpha value is -1.69. The third kappa shape index (κ3) is 4.82. The second-order valence-electron chi connectivity index (χ2n) is 4.19. The molecule has 0 aromatic carbocycles. The first-order chi connectivity index (χ1) is 9.08. The van der Waals surface area contributed by atoms with Crippen molar-refractivity contribution in [1.82, 2.24) is 9.97 Å². The monoisotopic (exact) mass is 267 g/mol. The lowest BCUT2D eigenvalue weighted by molar-refractivity contribution is 0.0524. The summed E-state index contributed by atoms with van der Waals surface area (Å²) in [4.78, 5) is 19.8. The Morgan fingerprint density at radius 3 is 2.84 bits per heavy atom. The van der Waals surface area contributed by atoms with Crippen LogP contribution >= 0.6 is 0 Å². The van der Waals surface area contributed by atoms with E-state index in [4.69, 9.17) is 4.74 Å². The Morgan fingerprint density at radius 1 is 1.53 bits per heavy atom. The second-order valence-corrected chi connectivity index (χ2v) is 4.19. The van der Waals surface area contributed by atoms with E-state index in [-0.39, 0.29) is 6.10 Å². The van der Waals surface area contributed by atoms with Gasteiger partial charge in [-0.25, -0.2) is 14.8 Å². The van der Waals surface area contributed by atoms with Gasteiger partial charge in [-0.05, 0) is 26.7 Å². The Bertz CT molecular complexity index is 424. The maximum absolute atomic E-state index is 11.6. The summed E-state index contributed by atoms with van der Waals surface area (Å²) in [6.07, 6.45) is 2.51. The number of anilines is 1. The van der Waals surface area contributed by atoms with Crippen molar-refractivity contribution in [1.29, 1.82) is 0 Å². The number of rotatable bonds is 7. The van der Waals surface area contributed by atoms with Gasteiger partial charge in [0.25, 0.3) is 0 Å². The molecule has 0 radical (unpaired) electrons. The molecule has 1 aromatic rings. The van der Waals surface area contributed by atoms with Crippen LogP contribution < -0.4 is 5.32 Å². The number of aryl methyl sites for hydroxylation is 1. The van der Waals surface area contributed by atoms with Crippen molar-refractivity contribution in [2.24, 2.45) is 0 Å². The average molecular weight is 267 g/mol. The summed E-state index contributed by atoms with van der Waals surface area (Å²) in [5.41, 5.74) is 0.952. The molecular weight excluding hydrogens is 246 g/mol. The van der Waals surface area contributed by atoms with E-state index in [9.17, 15) is 9.90 Å². The summed E-state index contributed by atoms with van der Waals surface area (Å²) in [5.74, 6) is 0.0433. The minimum absolute atomic E-state index is 0.313. The maximum atomic E-state index is 11.6. The summed E-state index contributed by atoms with van der Waals surface area (Å²) in [5, 5.41) is 12.4. The fourth-order valence-corrected chi connectivity index (χ4v) is 1.52. The molecule has 0 spiro atoms. The van der Waals surface area contributed by atoms with Gasteiger partial charge in [0.1, 0.15) is 0 Å². The lowest BCUT2D eigenvalue weighted by Crippen LogP contribution is -2.15. The average Bonchev–Trinajstić information content (AvgIpc) is 2.38. The van der Waals surface area contributed by atoms with Gasteiger partial charge >= 0.3 is 5.97 Å². The molecule has 6 nitrogen and oxygen atoms in total. The molecular formula is C13H21N3O3. The molecule has 1 unspecified atom stereocenters. The van der Waals surface area contributed by atoms with Gasteiger partial charge in [0.2, 0.25) is 5.95 Å². The third-order valence-electron chi connectivity index (χ3n) is 2.71. The van der Waals surface area contributed by atoms with Crippen molar-refractivity contribution in [3.63, 3.8) is 0 Å². The highest BCUT2D eigenvalue weighted by Gasteiger charge is 2.12. The van der Waals surface area contributed by atoms with Crippen molar-refractivity contribution >= 4 is 11.9 Å². The molecule has 0 fully saturated rings. The molecule has 1 rings (SSSR count). The first-order valence-electron chi connectivity index (χ1n) is 6.51. The van der Waals surface area contributed by atoms with E-state index < -0.39 is 5.97 Å². The number of aliphatic hydroxyl groups excluding tert-OH is 1. The standard InChI is InChI=1S/C13H21N3O3/c1-4-10(17)6-7-14-13-15-8-11(9(3)16-13)12(18)19-5-2/h8,10,17H,4-7H2,1-3H3,(H,14,15,16). The van der Waals surface area contributed by atoms with Crippen LogP contribution in [0.5, 0.6) is 0 Å². The molecule has 6 heteroatoms. The zero-order valence-corrected chi connectivity index (χ0v) is 11.6. The minimum atomic E-state index is -0.409. The molecule has 1 aromatic heterocycles. The van der Waals surface area contributed by atoms with Crippen LogP contribution in [0.1, 0.15) is 42.7 Å². The topological polar surface area (TPSA) is 84.3 Å². The maximum Gasteiger partial charge on any atom is 0.341 e. The van der Waals surface area contributed by atoms with E-state index in [1.54, 1.807) is 13.8 Å². The lowest BCUT2D eigenvalue weighted by atomic mass is 10.2. The number of nitrogens with one attached hydrogen (secondary N) is 1. The summed E-state index contributed by atoms with van der Waals surface area (Å²) < 4.78 is 4.90. The fourth-order valence-electron chi connectivity index (χ4n) is 1.52. The first-order valence-corrected chi connectivity index (χ1v) is 6.51. The van der Waals surface area contributed by atoms with Gasteiger partial charge in [0, 0.05) is 12.7 Å².